The normalized spacial score (nSPS) is 10.2. The van der Waals surface area contributed by atoms with Crippen molar-refractivity contribution in [2.75, 3.05) is 24.4 Å². The van der Waals surface area contributed by atoms with Gasteiger partial charge in [-0.3, -0.25) is 14.4 Å². The fraction of sp³-hybridized carbons (Fsp3) is 0.160. The molecule has 0 atom stereocenters. The molecule has 176 valence electrons. The number of halogens is 1. The summed E-state index contributed by atoms with van der Waals surface area (Å²) in [5, 5.41) is 5.91. The number of hydrogen-bond acceptors (Lipinski definition) is 6. The van der Waals surface area contributed by atoms with Crippen LogP contribution in [0.4, 0.5) is 11.4 Å². The number of para-hydroxylation sites is 2. The molecule has 0 aliphatic carbocycles. The van der Waals surface area contributed by atoms with E-state index >= 15 is 0 Å². The van der Waals surface area contributed by atoms with Crippen LogP contribution in [0.2, 0.25) is 5.02 Å². The maximum absolute atomic E-state index is 12.1. The molecule has 0 aromatic heterocycles. The van der Waals surface area contributed by atoms with Gasteiger partial charge in [0.2, 0.25) is 5.91 Å². The van der Waals surface area contributed by atoms with Crippen LogP contribution in [0, 0.1) is 0 Å². The van der Waals surface area contributed by atoms with E-state index in [-0.39, 0.29) is 18.7 Å². The number of ether oxygens (including phenoxy) is 3. The lowest BCUT2D eigenvalue weighted by molar-refractivity contribution is -0.147. The summed E-state index contributed by atoms with van der Waals surface area (Å²) in [6.07, 6.45) is -0.248. The molecule has 3 rings (SSSR count). The van der Waals surface area contributed by atoms with Crippen molar-refractivity contribution in [2.45, 2.75) is 12.8 Å². The molecule has 2 N–H and O–H groups in total. The van der Waals surface area contributed by atoms with Crippen molar-refractivity contribution in [2.24, 2.45) is 0 Å². The molecule has 2 amide bonds. The molecule has 0 bridgehead atoms. The zero-order valence-electron chi connectivity index (χ0n) is 18.4. The van der Waals surface area contributed by atoms with Gasteiger partial charge in [-0.2, -0.15) is 0 Å². The number of benzene rings is 3. The van der Waals surface area contributed by atoms with Crippen LogP contribution in [-0.2, 0) is 19.1 Å². The summed E-state index contributed by atoms with van der Waals surface area (Å²) < 4.78 is 15.8. The molecule has 0 radical (unpaired) electrons. The number of rotatable bonds is 10. The molecule has 8 nitrogen and oxygen atoms in total. The molecule has 0 heterocycles. The van der Waals surface area contributed by atoms with E-state index in [1.807, 2.05) is 0 Å². The highest BCUT2D eigenvalue weighted by molar-refractivity contribution is 6.30. The fourth-order valence-electron chi connectivity index (χ4n) is 2.84. The zero-order chi connectivity index (χ0) is 24.3. The number of carbonyl (C=O) groups excluding carboxylic acids is 3. The van der Waals surface area contributed by atoms with E-state index in [0.29, 0.717) is 33.6 Å². The lowest BCUT2D eigenvalue weighted by atomic mass is 10.2. The van der Waals surface area contributed by atoms with Crippen molar-refractivity contribution in [1.29, 1.82) is 0 Å². The average molecular weight is 483 g/mol. The van der Waals surface area contributed by atoms with Crippen molar-refractivity contribution >= 4 is 40.8 Å². The summed E-state index contributed by atoms with van der Waals surface area (Å²) in [6, 6.07) is 20.6. The minimum atomic E-state index is -0.656. The van der Waals surface area contributed by atoms with Crippen LogP contribution in [0.25, 0.3) is 0 Å². The summed E-state index contributed by atoms with van der Waals surface area (Å²) in [7, 11) is 1.49. The first-order valence-corrected chi connectivity index (χ1v) is 10.7. The largest absolute Gasteiger partial charge is 0.495 e. The summed E-state index contributed by atoms with van der Waals surface area (Å²) in [5.74, 6) is 0.192. The Balaban J connectivity index is 1.37. The predicted molar refractivity (Wildman–Crippen MR) is 128 cm³/mol. The van der Waals surface area contributed by atoms with Crippen LogP contribution in [0.3, 0.4) is 0 Å². The van der Waals surface area contributed by atoms with E-state index in [1.165, 1.54) is 7.11 Å². The Morgan fingerprint density at radius 2 is 1.44 bits per heavy atom. The Kier molecular flexibility index (Phi) is 8.88. The number of amides is 2. The summed E-state index contributed by atoms with van der Waals surface area (Å²) in [5.41, 5.74) is 1.02. The topological polar surface area (TPSA) is 103 Å². The third kappa shape index (κ3) is 7.83. The van der Waals surface area contributed by atoms with Crippen molar-refractivity contribution in [1.82, 2.24) is 0 Å². The van der Waals surface area contributed by atoms with E-state index in [9.17, 15) is 14.4 Å². The van der Waals surface area contributed by atoms with E-state index in [0.717, 1.165) is 0 Å². The monoisotopic (exact) mass is 482 g/mol. The highest BCUT2D eigenvalue weighted by atomic mass is 35.5. The number of anilines is 2. The van der Waals surface area contributed by atoms with Crippen molar-refractivity contribution in [3.05, 3.63) is 77.8 Å². The van der Waals surface area contributed by atoms with Gasteiger partial charge in [0.15, 0.2) is 6.61 Å². The third-order valence-electron chi connectivity index (χ3n) is 4.49. The Labute approximate surface area is 201 Å². The second-order valence-electron chi connectivity index (χ2n) is 7.04. The van der Waals surface area contributed by atoms with Gasteiger partial charge >= 0.3 is 5.97 Å². The van der Waals surface area contributed by atoms with Gasteiger partial charge in [-0.1, -0.05) is 23.7 Å². The van der Waals surface area contributed by atoms with Crippen molar-refractivity contribution in [3.63, 3.8) is 0 Å². The molecule has 34 heavy (non-hydrogen) atoms. The molecule has 0 saturated carbocycles. The number of hydrogen-bond donors (Lipinski definition) is 2. The van der Waals surface area contributed by atoms with Gasteiger partial charge in [0.1, 0.15) is 17.2 Å². The summed E-state index contributed by atoms with van der Waals surface area (Å²) in [4.78, 5) is 36.0. The molecule has 3 aromatic carbocycles. The summed E-state index contributed by atoms with van der Waals surface area (Å²) in [6.45, 7) is -0.465. The molecule has 0 unspecified atom stereocenters. The van der Waals surface area contributed by atoms with Gasteiger partial charge in [-0.25, -0.2) is 0 Å². The van der Waals surface area contributed by atoms with Crippen LogP contribution in [-0.4, -0.2) is 31.5 Å². The highest BCUT2D eigenvalue weighted by Crippen LogP contribution is 2.25. The second-order valence-corrected chi connectivity index (χ2v) is 7.47. The smallest absolute Gasteiger partial charge is 0.306 e. The predicted octanol–water partition coefficient (Wildman–Crippen LogP) is 5.04. The first-order valence-electron chi connectivity index (χ1n) is 10.3. The lowest BCUT2D eigenvalue weighted by Crippen LogP contribution is -2.22. The van der Waals surface area contributed by atoms with Crippen LogP contribution in [0.5, 0.6) is 17.2 Å². The Morgan fingerprint density at radius 1 is 0.794 bits per heavy atom. The molecule has 0 aliphatic rings. The maximum Gasteiger partial charge on any atom is 0.306 e. The van der Waals surface area contributed by atoms with Crippen LogP contribution in [0.1, 0.15) is 12.8 Å². The number of esters is 1. The molecular formula is C25H23ClN2O6. The van der Waals surface area contributed by atoms with Crippen LogP contribution < -0.4 is 20.1 Å². The fourth-order valence-corrected chi connectivity index (χ4v) is 2.96. The minimum absolute atomic E-state index is 0.0873. The Hall–Kier alpha value is -4.04. The maximum atomic E-state index is 12.1. The lowest BCUT2D eigenvalue weighted by Gasteiger charge is -2.10. The standard InChI is InChI=1S/C25H23ClN2O6/c1-32-22-5-3-2-4-21(22)28-24(30)16-33-25(31)15-14-23(29)27-18-8-12-20(13-9-18)34-19-10-6-17(26)7-11-19/h2-13H,14-16H2,1H3,(H,27,29)(H,28,30). The van der Waals surface area contributed by atoms with Gasteiger partial charge < -0.3 is 24.8 Å². The molecular weight excluding hydrogens is 460 g/mol. The van der Waals surface area contributed by atoms with Gasteiger partial charge in [0.25, 0.3) is 5.91 Å². The van der Waals surface area contributed by atoms with Crippen LogP contribution in [0.15, 0.2) is 72.8 Å². The van der Waals surface area contributed by atoms with Crippen LogP contribution >= 0.6 is 11.6 Å². The van der Waals surface area contributed by atoms with Gasteiger partial charge in [0.05, 0.1) is 19.2 Å². The SMILES string of the molecule is COc1ccccc1NC(=O)COC(=O)CCC(=O)Nc1ccc(Oc2ccc(Cl)cc2)cc1. The molecule has 0 fully saturated rings. The number of methoxy groups -OCH3 is 1. The Morgan fingerprint density at radius 3 is 2.12 bits per heavy atom. The van der Waals surface area contributed by atoms with Crippen molar-refractivity contribution < 1.29 is 28.6 Å². The molecule has 3 aromatic rings. The first kappa shape index (κ1) is 24.6. The minimum Gasteiger partial charge on any atom is -0.495 e. The molecule has 0 aliphatic heterocycles. The zero-order valence-corrected chi connectivity index (χ0v) is 19.1. The third-order valence-corrected chi connectivity index (χ3v) is 4.74. The number of nitrogens with one attached hydrogen (secondary N) is 2. The van der Waals surface area contributed by atoms with Gasteiger partial charge in [-0.15, -0.1) is 0 Å². The molecule has 0 saturated heterocycles. The molecule has 9 heteroatoms. The van der Waals surface area contributed by atoms with E-state index < -0.39 is 18.5 Å². The molecule has 0 spiro atoms. The quantitative estimate of drug-likeness (QED) is 0.392. The highest BCUT2D eigenvalue weighted by Gasteiger charge is 2.12. The first-order chi connectivity index (χ1) is 16.4. The number of carbonyl (C=O) groups is 3. The van der Waals surface area contributed by atoms with Crippen molar-refractivity contribution in [3.8, 4) is 17.2 Å². The van der Waals surface area contributed by atoms with E-state index in [2.05, 4.69) is 10.6 Å². The Bertz CT molecular complexity index is 1130. The second kappa shape index (κ2) is 12.3. The van der Waals surface area contributed by atoms with Gasteiger partial charge in [0, 0.05) is 17.1 Å². The van der Waals surface area contributed by atoms with E-state index in [4.69, 9.17) is 25.8 Å². The van der Waals surface area contributed by atoms with E-state index in [1.54, 1.807) is 72.8 Å². The average Bonchev–Trinajstić information content (AvgIpc) is 2.84. The van der Waals surface area contributed by atoms with Gasteiger partial charge in [-0.05, 0) is 60.7 Å². The summed E-state index contributed by atoms with van der Waals surface area (Å²) >= 11 is 5.85.